The Morgan fingerprint density at radius 3 is 2.23 bits per heavy atom. The quantitative estimate of drug-likeness (QED) is 0.134. The van der Waals surface area contributed by atoms with E-state index < -0.39 is 11.4 Å². The van der Waals surface area contributed by atoms with Crippen molar-refractivity contribution in [3.05, 3.63) is 53.6 Å². The maximum atomic E-state index is 13.5. The van der Waals surface area contributed by atoms with Crippen LogP contribution in [-0.4, -0.2) is 40.6 Å². The summed E-state index contributed by atoms with van der Waals surface area (Å²) in [6, 6.07) is 7.18. The van der Waals surface area contributed by atoms with Crippen molar-refractivity contribution in [2.24, 2.45) is 56.7 Å². The lowest BCUT2D eigenvalue weighted by molar-refractivity contribution is -0.263. The molecule has 6 heteroatoms. The molecule has 0 saturated heterocycles. The van der Waals surface area contributed by atoms with Gasteiger partial charge in [-0.25, -0.2) is 4.79 Å². The van der Waals surface area contributed by atoms with Crippen molar-refractivity contribution in [1.82, 2.24) is 0 Å². The van der Waals surface area contributed by atoms with E-state index in [0.717, 1.165) is 62.5 Å². The summed E-state index contributed by atoms with van der Waals surface area (Å²) in [5, 5.41) is 22.0. The molecule has 0 aromatic heterocycles. The maximum absolute atomic E-state index is 13.5. The van der Waals surface area contributed by atoms with Crippen molar-refractivity contribution in [3.63, 3.8) is 0 Å². The van der Waals surface area contributed by atoms with Crippen LogP contribution in [0.2, 0.25) is 0 Å². The van der Waals surface area contributed by atoms with Crippen molar-refractivity contribution in [1.29, 1.82) is 0 Å². The lowest BCUT2D eigenvalue weighted by Crippen LogP contribution is -2.69. The van der Waals surface area contributed by atoms with Gasteiger partial charge < -0.3 is 14.9 Å². The van der Waals surface area contributed by atoms with Crippen LogP contribution in [0.25, 0.3) is 6.08 Å². The summed E-state index contributed by atoms with van der Waals surface area (Å²) in [7, 11) is 0. The van der Waals surface area contributed by atoms with Crippen LogP contribution in [0.1, 0.15) is 122 Å². The molecule has 6 rings (SSSR count). The molecule has 2 N–H and O–H groups in total. The SMILES string of the molecule is C=C(C)[C@@H]1CC[C@]2(C(=O)O)CC[C@]3(COC(=O)/C=C/c4ccc(C(C)=O)cc4)[C@H](CC[C@@H]4[C@@]5(C)CC[C@H](O)C(C)(C)[C@@H]5CC[C@]43C)[C@H]12. The van der Waals surface area contributed by atoms with Crippen LogP contribution in [-0.2, 0) is 14.3 Å². The Bertz CT molecular complexity index is 1470. The summed E-state index contributed by atoms with van der Waals surface area (Å²) < 4.78 is 6.31. The Morgan fingerprint density at radius 1 is 0.894 bits per heavy atom. The average Bonchev–Trinajstić information content (AvgIpc) is 3.43. The van der Waals surface area contributed by atoms with Crippen LogP contribution in [0.5, 0.6) is 0 Å². The molecule has 5 aliphatic rings. The minimum Gasteiger partial charge on any atom is -0.481 e. The normalized spacial score (nSPS) is 42.0. The third-order valence-corrected chi connectivity index (χ3v) is 15.3. The summed E-state index contributed by atoms with van der Waals surface area (Å²) in [4.78, 5) is 38.3. The fourth-order valence-electron chi connectivity index (χ4n) is 12.9. The fraction of sp³-hybridized carbons (Fsp3) is 0.683. The number of fused-ring (bicyclic) bond motifs is 7. The van der Waals surface area contributed by atoms with Gasteiger partial charge in [-0.15, -0.1) is 0 Å². The number of allylic oxidation sites excluding steroid dienone is 1. The molecule has 0 aliphatic heterocycles. The number of ketones is 1. The van der Waals surface area contributed by atoms with Crippen LogP contribution in [0.4, 0.5) is 0 Å². The number of ether oxygens (including phenoxy) is 1. The average molecular weight is 645 g/mol. The monoisotopic (exact) mass is 644 g/mol. The number of carboxylic acid groups (broad SMARTS) is 1. The van der Waals surface area contributed by atoms with Crippen LogP contribution < -0.4 is 0 Å². The first kappa shape index (κ1) is 34.1. The van der Waals surface area contributed by atoms with E-state index in [-0.39, 0.29) is 57.3 Å². The first-order valence-electron chi connectivity index (χ1n) is 18.1. The molecule has 0 heterocycles. The van der Waals surface area contributed by atoms with Gasteiger partial charge in [0.25, 0.3) is 0 Å². The molecule has 10 atom stereocenters. The third kappa shape index (κ3) is 5.01. The van der Waals surface area contributed by atoms with Crippen LogP contribution >= 0.6 is 0 Å². The second-order valence-electron chi connectivity index (χ2n) is 17.4. The molecule has 0 spiro atoms. The van der Waals surface area contributed by atoms with Gasteiger partial charge in [-0.05, 0) is 136 Å². The van der Waals surface area contributed by atoms with E-state index in [9.17, 15) is 24.6 Å². The number of carbonyl (C=O) groups is 3. The highest BCUT2D eigenvalue weighted by atomic mass is 16.5. The summed E-state index contributed by atoms with van der Waals surface area (Å²) in [6.07, 6.45) is 11.6. The number of aliphatic hydroxyl groups excluding tert-OH is 1. The molecule has 1 aromatic rings. The smallest absolute Gasteiger partial charge is 0.330 e. The van der Waals surface area contributed by atoms with Crippen molar-refractivity contribution in [3.8, 4) is 0 Å². The summed E-state index contributed by atoms with van der Waals surface area (Å²) in [6.45, 7) is 17.7. The van der Waals surface area contributed by atoms with Crippen molar-refractivity contribution in [2.45, 2.75) is 112 Å². The molecule has 5 fully saturated rings. The number of carboxylic acids is 1. The Labute approximate surface area is 281 Å². The summed E-state index contributed by atoms with van der Waals surface area (Å²) >= 11 is 0. The molecule has 0 unspecified atom stereocenters. The van der Waals surface area contributed by atoms with Gasteiger partial charge in [0.15, 0.2) is 5.78 Å². The largest absolute Gasteiger partial charge is 0.481 e. The molecule has 47 heavy (non-hydrogen) atoms. The Morgan fingerprint density at radius 2 is 1.60 bits per heavy atom. The van der Waals surface area contributed by atoms with E-state index in [1.165, 1.54) is 13.0 Å². The van der Waals surface area contributed by atoms with Gasteiger partial charge in [-0.3, -0.25) is 9.59 Å². The highest BCUT2D eigenvalue weighted by Gasteiger charge is 2.73. The predicted octanol–water partition coefficient (Wildman–Crippen LogP) is 8.53. The number of Topliss-reactive ketones (excluding diaryl/α,β-unsaturated/α-hetero) is 1. The lowest BCUT2D eigenvalue weighted by atomic mass is 9.32. The second kappa shape index (κ2) is 11.7. The zero-order chi connectivity index (χ0) is 34.2. The Kier molecular flexibility index (Phi) is 8.50. The second-order valence-corrected chi connectivity index (χ2v) is 17.4. The molecule has 5 aliphatic carbocycles. The number of carbonyl (C=O) groups excluding carboxylic acids is 2. The number of aliphatic hydroxyl groups is 1. The van der Waals surface area contributed by atoms with Gasteiger partial charge in [0.1, 0.15) is 0 Å². The number of esters is 1. The first-order chi connectivity index (χ1) is 22.0. The van der Waals surface area contributed by atoms with E-state index >= 15 is 0 Å². The molecule has 0 amide bonds. The van der Waals surface area contributed by atoms with Gasteiger partial charge in [-0.1, -0.05) is 64.1 Å². The van der Waals surface area contributed by atoms with Gasteiger partial charge in [0.05, 0.1) is 18.1 Å². The summed E-state index contributed by atoms with van der Waals surface area (Å²) in [5.74, 6) is -0.000800. The molecule has 256 valence electrons. The molecule has 0 bridgehead atoms. The molecule has 0 radical (unpaired) electrons. The zero-order valence-corrected chi connectivity index (χ0v) is 29.4. The van der Waals surface area contributed by atoms with Gasteiger partial charge >= 0.3 is 11.9 Å². The fourth-order valence-corrected chi connectivity index (χ4v) is 12.9. The third-order valence-electron chi connectivity index (χ3n) is 15.3. The van der Waals surface area contributed by atoms with Crippen molar-refractivity contribution >= 4 is 23.8 Å². The van der Waals surface area contributed by atoms with Crippen LogP contribution in [0.3, 0.4) is 0 Å². The minimum atomic E-state index is -0.755. The van der Waals surface area contributed by atoms with Crippen molar-refractivity contribution in [2.75, 3.05) is 6.61 Å². The maximum Gasteiger partial charge on any atom is 0.330 e. The van der Waals surface area contributed by atoms with Crippen LogP contribution in [0.15, 0.2) is 42.5 Å². The highest BCUT2D eigenvalue weighted by Crippen LogP contribution is 2.77. The number of hydrogen-bond donors (Lipinski definition) is 2. The van der Waals surface area contributed by atoms with E-state index in [1.807, 2.05) is 12.1 Å². The topological polar surface area (TPSA) is 101 Å². The van der Waals surface area contributed by atoms with E-state index in [0.29, 0.717) is 36.8 Å². The minimum absolute atomic E-state index is 0.000518. The molecule has 1 aromatic carbocycles. The first-order valence-corrected chi connectivity index (χ1v) is 18.1. The zero-order valence-electron chi connectivity index (χ0n) is 29.4. The molecule has 6 nitrogen and oxygen atoms in total. The van der Waals surface area contributed by atoms with Gasteiger partial charge in [0, 0.05) is 17.1 Å². The van der Waals surface area contributed by atoms with E-state index in [4.69, 9.17) is 4.74 Å². The highest BCUT2D eigenvalue weighted by molar-refractivity contribution is 5.94. The molecular formula is C41H56O6. The predicted molar refractivity (Wildman–Crippen MR) is 183 cm³/mol. The van der Waals surface area contributed by atoms with E-state index in [2.05, 4.69) is 41.2 Å². The lowest BCUT2D eigenvalue weighted by Gasteiger charge is -2.73. The Hall–Kier alpha value is -2.73. The van der Waals surface area contributed by atoms with Crippen LogP contribution in [0, 0.1) is 56.7 Å². The number of rotatable bonds is 7. The molecule has 5 saturated carbocycles. The number of benzene rings is 1. The van der Waals surface area contributed by atoms with E-state index in [1.54, 1.807) is 18.2 Å². The summed E-state index contributed by atoms with van der Waals surface area (Å²) in [5.41, 5.74) is 1.17. The van der Waals surface area contributed by atoms with Gasteiger partial charge in [0.2, 0.25) is 0 Å². The van der Waals surface area contributed by atoms with Gasteiger partial charge in [-0.2, -0.15) is 0 Å². The van der Waals surface area contributed by atoms with Crippen molar-refractivity contribution < 1.29 is 29.3 Å². The Balaban J connectivity index is 1.37. The number of hydrogen-bond acceptors (Lipinski definition) is 5. The standard InChI is InChI=1S/C41H56O6/c1-25(2)29-16-21-40(36(45)46)22-23-41(24-47-34(44)15-10-27-8-11-28(12-9-27)26(3)42)30(35(29)40)13-14-32-38(6)19-18-33(43)37(4,5)31(38)17-20-39(32,41)7/h8-12,15,29-33,35,43H,1,13-14,16-24H2,2-7H3,(H,45,46)/b15-10+/t29-,30+,31-,32+,33-,35-,38-,39+,40-,41-/m0/s1. The number of aliphatic carboxylic acids is 1. The molecular weight excluding hydrogens is 588 g/mol.